The largest absolute Gasteiger partial charge is 0.379 e. The minimum absolute atomic E-state index is 0.133. The summed E-state index contributed by atoms with van der Waals surface area (Å²) in [4.78, 5) is 0. The van der Waals surface area contributed by atoms with Crippen LogP contribution in [0.15, 0.2) is 24.3 Å². The fourth-order valence-electron chi connectivity index (χ4n) is 1.72. The molecular weight excluding hydrogens is 245 g/mol. The molecule has 0 amide bonds. The maximum absolute atomic E-state index is 13.6. The van der Waals surface area contributed by atoms with E-state index in [9.17, 15) is 4.39 Å². The van der Waals surface area contributed by atoms with Crippen molar-refractivity contribution in [2.24, 2.45) is 5.92 Å². The third-order valence-electron chi connectivity index (χ3n) is 2.74. The predicted octanol–water partition coefficient (Wildman–Crippen LogP) is 2.78. The smallest absolute Gasteiger partial charge is 0.128 e. The summed E-state index contributed by atoms with van der Waals surface area (Å²) >= 11 is 0. The Hall–Kier alpha value is -0.970. The average Bonchev–Trinajstić information content (AvgIpc) is 2.39. The maximum atomic E-state index is 13.6. The molecule has 1 N–H and O–H groups in total. The first-order valence-corrected chi connectivity index (χ1v) is 6.72. The topological polar surface area (TPSA) is 30.5 Å². The van der Waals surface area contributed by atoms with Crippen molar-refractivity contribution in [1.82, 2.24) is 5.32 Å². The Morgan fingerprint density at radius 1 is 1.11 bits per heavy atom. The summed E-state index contributed by atoms with van der Waals surface area (Å²) in [6, 6.07) is 6.62. The monoisotopic (exact) mass is 269 g/mol. The zero-order valence-electron chi connectivity index (χ0n) is 12.0. The van der Waals surface area contributed by atoms with Crippen LogP contribution in [0.5, 0.6) is 0 Å². The van der Waals surface area contributed by atoms with E-state index in [1.807, 2.05) is 6.07 Å². The number of ether oxygens (including phenoxy) is 2. The molecule has 0 fully saturated rings. The second kappa shape index (κ2) is 9.02. The van der Waals surface area contributed by atoms with Gasteiger partial charge in [-0.1, -0.05) is 32.0 Å². The molecule has 0 aromatic heterocycles. The van der Waals surface area contributed by atoms with Gasteiger partial charge in [0.2, 0.25) is 0 Å². The van der Waals surface area contributed by atoms with Crippen molar-refractivity contribution in [3.63, 3.8) is 0 Å². The number of nitrogens with one attached hydrogen (secondary N) is 1. The van der Waals surface area contributed by atoms with E-state index in [0.717, 1.165) is 6.61 Å². The lowest BCUT2D eigenvalue weighted by Gasteiger charge is -2.17. The van der Waals surface area contributed by atoms with Gasteiger partial charge in [-0.2, -0.15) is 0 Å². The SMILES string of the molecule is CNC(COCCOCC(C)C)c1ccccc1F. The van der Waals surface area contributed by atoms with E-state index in [-0.39, 0.29) is 11.9 Å². The summed E-state index contributed by atoms with van der Waals surface area (Å²) in [6.07, 6.45) is 0. The Morgan fingerprint density at radius 2 is 1.74 bits per heavy atom. The van der Waals surface area contributed by atoms with Crippen molar-refractivity contribution >= 4 is 0 Å². The predicted molar refractivity (Wildman–Crippen MR) is 74.7 cm³/mol. The normalized spacial score (nSPS) is 12.9. The van der Waals surface area contributed by atoms with Gasteiger partial charge in [-0.3, -0.25) is 0 Å². The molecule has 1 aromatic carbocycles. The van der Waals surface area contributed by atoms with Crippen LogP contribution < -0.4 is 5.32 Å². The fraction of sp³-hybridized carbons (Fsp3) is 0.600. The van der Waals surface area contributed by atoms with Crippen LogP contribution in [-0.2, 0) is 9.47 Å². The van der Waals surface area contributed by atoms with Gasteiger partial charge >= 0.3 is 0 Å². The third kappa shape index (κ3) is 6.14. The highest BCUT2D eigenvalue weighted by Gasteiger charge is 2.13. The van der Waals surface area contributed by atoms with Crippen LogP contribution in [0.25, 0.3) is 0 Å². The summed E-state index contributed by atoms with van der Waals surface area (Å²) < 4.78 is 24.6. The van der Waals surface area contributed by atoms with Gasteiger partial charge in [0.05, 0.1) is 25.9 Å². The lowest BCUT2D eigenvalue weighted by Crippen LogP contribution is -2.23. The van der Waals surface area contributed by atoms with Crippen LogP contribution in [-0.4, -0.2) is 33.5 Å². The molecule has 1 aromatic rings. The fourth-order valence-corrected chi connectivity index (χ4v) is 1.72. The van der Waals surface area contributed by atoms with Crippen LogP contribution in [0, 0.1) is 11.7 Å². The molecule has 3 nitrogen and oxygen atoms in total. The zero-order chi connectivity index (χ0) is 14.1. The standard InChI is InChI=1S/C15H24FNO2/c1-12(2)10-18-8-9-19-11-15(17-3)13-6-4-5-7-14(13)16/h4-7,12,15,17H,8-11H2,1-3H3. The number of rotatable bonds is 9. The summed E-state index contributed by atoms with van der Waals surface area (Å²) in [5, 5.41) is 3.06. The van der Waals surface area contributed by atoms with Gasteiger partial charge in [0.15, 0.2) is 0 Å². The van der Waals surface area contributed by atoms with Crippen LogP contribution in [0.2, 0.25) is 0 Å². The Kier molecular flexibility index (Phi) is 7.63. The molecule has 19 heavy (non-hydrogen) atoms. The Balaban J connectivity index is 2.28. The van der Waals surface area contributed by atoms with E-state index in [1.165, 1.54) is 6.07 Å². The Labute approximate surface area is 115 Å². The lowest BCUT2D eigenvalue weighted by atomic mass is 10.1. The summed E-state index contributed by atoms with van der Waals surface area (Å²) in [5.74, 6) is 0.324. The van der Waals surface area contributed by atoms with Gasteiger partial charge in [0, 0.05) is 12.2 Å². The Bertz CT molecular complexity index is 358. The summed E-state index contributed by atoms with van der Waals surface area (Å²) in [6.45, 7) is 6.49. The highest BCUT2D eigenvalue weighted by Crippen LogP contribution is 2.16. The molecule has 4 heteroatoms. The van der Waals surface area contributed by atoms with Gasteiger partial charge in [-0.05, 0) is 19.0 Å². The minimum atomic E-state index is -0.207. The molecule has 0 aliphatic rings. The quantitative estimate of drug-likeness (QED) is 0.699. The van der Waals surface area contributed by atoms with E-state index >= 15 is 0 Å². The van der Waals surface area contributed by atoms with Gasteiger partial charge < -0.3 is 14.8 Å². The molecule has 0 heterocycles. The van der Waals surface area contributed by atoms with Gasteiger partial charge in [-0.25, -0.2) is 4.39 Å². The number of benzene rings is 1. The van der Waals surface area contributed by atoms with Crippen LogP contribution in [0.1, 0.15) is 25.5 Å². The molecular formula is C15H24FNO2. The second-order valence-corrected chi connectivity index (χ2v) is 4.91. The third-order valence-corrected chi connectivity index (χ3v) is 2.74. The molecule has 1 rings (SSSR count). The van der Waals surface area contributed by atoms with Gasteiger partial charge in [-0.15, -0.1) is 0 Å². The molecule has 0 radical (unpaired) electrons. The molecule has 0 aliphatic carbocycles. The van der Waals surface area contributed by atoms with Crippen molar-refractivity contribution in [1.29, 1.82) is 0 Å². The lowest BCUT2D eigenvalue weighted by molar-refractivity contribution is 0.0306. The molecule has 1 atom stereocenters. The Morgan fingerprint density at radius 3 is 2.32 bits per heavy atom. The van der Waals surface area contributed by atoms with E-state index in [1.54, 1.807) is 19.2 Å². The van der Waals surface area contributed by atoms with Crippen LogP contribution >= 0.6 is 0 Å². The van der Waals surface area contributed by atoms with Crippen molar-refractivity contribution in [2.45, 2.75) is 19.9 Å². The first kappa shape index (κ1) is 16.1. The highest BCUT2D eigenvalue weighted by molar-refractivity contribution is 5.21. The molecule has 108 valence electrons. The van der Waals surface area contributed by atoms with Crippen LogP contribution in [0.3, 0.4) is 0 Å². The summed E-state index contributed by atoms with van der Waals surface area (Å²) in [5.41, 5.74) is 0.632. The first-order chi connectivity index (χ1) is 9.15. The van der Waals surface area contributed by atoms with Gasteiger partial charge in [0.25, 0.3) is 0 Å². The minimum Gasteiger partial charge on any atom is -0.379 e. The van der Waals surface area contributed by atoms with Crippen molar-refractivity contribution < 1.29 is 13.9 Å². The number of hydrogen-bond acceptors (Lipinski definition) is 3. The second-order valence-electron chi connectivity index (χ2n) is 4.91. The van der Waals surface area contributed by atoms with E-state index in [0.29, 0.717) is 31.3 Å². The van der Waals surface area contributed by atoms with Crippen molar-refractivity contribution in [2.75, 3.05) is 33.5 Å². The molecule has 0 saturated carbocycles. The summed E-state index contributed by atoms with van der Waals surface area (Å²) in [7, 11) is 1.80. The number of halogens is 1. The number of hydrogen-bond donors (Lipinski definition) is 1. The van der Waals surface area contributed by atoms with E-state index < -0.39 is 0 Å². The van der Waals surface area contributed by atoms with E-state index in [4.69, 9.17) is 9.47 Å². The maximum Gasteiger partial charge on any atom is 0.128 e. The molecule has 0 bridgehead atoms. The number of likely N-dealkylation sites (N-methyl/N-ethyl adjacent to an activating group) is 1. The van der Waals surface area contributed by atoms with Crippen molar-refractivity contribution in [3.8, 4) is 0 Å². The first-order valence-electron chi connectivity index (χ1n) is 6.72. The average molecular weight is 269 g/mol. The van der Waals surface area contributed by atoms with Gasteiger partial charge in [0.1, 0.15) is 5.82 Å². The van der Waals surface area contributed by atoms with Crippen LogP contribution in [0.4, 0.5) is 4.39 Å². The molecule has 0 spiro atoms. The molecule has 0 aliphatic heterocycles. The molecule has 1 unspecified atom stereocenters. The molecule has 0 saturated heterocycles. The zero-order valence-corrected chi connectivity index (χ0v) is 12.0. The van der Waals surface area contributed by atoms with Crippen molar-refractivity contribution in [3.05, 3.63) is 35.6 Å². The highest BCUT2D eigenvalue weighted by atomic mass is 19.1. The van der Waals surface area contributed by atoms with E-state index in [2.05, 4.69) is 19.2 Å².